The van der Waals surface area contributed by atoms with E-state index in [4.69, 9.17) is 14.6 Å². The number of para-hydroxylation sites is 1. The minimum Gasteiger partial charge on any atom is -0.493 e. The van der Waals surface area contributed by atoms with E-state index in [-0.39, 0.29) is 30.2 Å². The molecule has 10 nitrogen and oxygen atoms in total. The Kier molecular flexibility index (Phi) is 10.1. The number of methoxy groups -OCH3 is 2. The first-order chi connectivity index (χ1) is 22.6. The molecule has 0 spiro atoms. The zero-order valence-electron chi connectivity index (χ0n) is 25.3. The number of rotatable bonds is 13. The minimum absolute atomic E-state index is 0.0923. The van der Waals surface area contributed by atoms with E-state index in [1.54, 1.807) is 36.6 Å². The molecule has 1 aliphatic rings. The van der Waals surface area contributed by atoms with Gasteiger partial charge in [0.1, 0.15) is 0 Å². The van der Waals surface area contributed by atoms with Gasteiger partial charge in [0, 0.05) is 18.5 Å². The van der Waals surface area contributed by atoms with Crippen LogP contribution in [0.1, 0.15) is 44.0 Å². The Morgan fingerprint density at radius 2 is 1.78 bits per heavy atom. The molecule has 1 atom stereocenters. The number of aryl methyl sites for hydroxylation is 1. The molecule has 1 unspecified atom stereocenters. The van der Waals surface area contributed by atoms with E-state index in [0.29, 0.717) is 40.3 Å². The third-order valence-corrected chi connectivity index (χ3v) is 10.2. The van der Waals surface area contributed by atoms with Gasteiger partial charge in [-0.15, -0.1) is 32.9 Å². The van der Waals surface area contributed by atoms with Crippen LogP contribution in [0, 0.1) is 0 Å². The van der Waals surface area contributed by atoms with Crippen molar-refractivity contribution >= 4 is 52.0 Å². The van der Waals surface area contributed by atoms with Crippen molar-refractivity contribution in [2.24, 2.45) is 5.10 Å². The van der Waals surface area contributed by atoms with Gasteiger partial charge in [-0.1, -0.05) is 66.4 Å². The van der Waals surface area contributed by atoms with Gasteiger partial charge in [-0.3, -0.25) is 9.59 Å². The summed E-state index contributed by atoms with van der Waals surface area (Å²) in [5.41, 5.74) is 2.84. The van der Waals surface area contributed by atoms with Gasteiger partial charge < -0.3 is 19.4 Å². The molecule has 0 saturated heterocycles. The highest BCUT2D eigenvalue weighted by atomic mass is 32.2. The largest absolute Gasteiger partial charge is 0.493 e. The average Bonchev–Trinajstić information content (AvgIpc) is 3.92. The first-order valence-corrected chi connectivity index (χ1v) is 17.3. The van der Waals surface area contributed by atoms with Crippen LogP contribution in [0.4, 0.5) is 0 Å². The van der Waals surface area contributed by atoms with E-state index in [1.165, 1.54) is 28.7 Å². The second-order valence-corrected chi connectivity index (χ2v) is 13.1. The van der Waals surface area contributed by atoms with E-state index in [9.17, 15) is 9.59 Å². The molecular formula is C33H32N6O4S3. The molecule has 3 aromatic heterocycles. The Balaban J connectivity index is 1.23. The number of thiophene rings is 2. The zero-order valence-corrected chi connectivity index (χ0v) is 27.7. The van der Waals surface area contributed by atoms with Crippen LogP contribution in [-0.2, 0) is 24.3 Å². The molecule has 0 bridgehead atoms. The third-order valence-electron chi connectivity index (χ3n) is 7.50. The summed E-state index contributed by atoms with van der Waals surface area (Å²) in [7, 11) is 3.20. The van der Waals surface area contributed by atoms with Crippen LogP contribution >= 0.6 is 34.4 Å². The Bertz CT molecular complexity index is 1810. The Labute approximate surface area is 279 Å². The lowest BCUT2D eigenvalue weighted by Gasteiger charge is -2.24. The maximum atomic E-state index is 13.9. The molecule has 46 heavy (non-hydrogen) atoms. The number of carbonyl (C=O) groups is 2. The van der Waals surface area contributed by atoms with E-state index >= 15 is 0 Å². The minimum atomic E-state index is -0.366. The normalized spacial score (nSPS) is 14.3. The van der Waals surface area contributed by atoms with Crippen LogP contribution in [0.3, 0.4) is 0 Å². The maximum absolute atomic E-state index is 13.9. The molecule has 5 aromatic rings. The quantitative estimate of drug-likeness (QED) is 0.151. The smallest absolute Gasteiger partial charge is 0.261 e. The van der Waals surface area contributed by atoms with Crippen molar-refractivity contribution in [2.45, 2.75) is 37.1 Å². The van der Waals surface area contributed by atoms with Gasteiger partial charge in [-0.25, -0.2) is 5.01 Å². The highest BCUT2D eigenvalue weighted by molar-refractivity contribution is 7.99. The monoisotopic (exact) mass is 672 g/mol. The molecule has 1 N–H and O–H groups in total. The number of hydrazone groups is 1. The number of hydrogen-bond acceptors (Lipinski definition) is 10. The van der Waals surface area contributed by atoms with E-state index in [0.717, 1.165) is 22.6 Å². The van der Waals surface area contributed by atoms with Crippen LogP contribution in [0.5, 0.6) is 11.5 Å². The number of ether oxygens (including phenoxy) is 2. The van der Waals surface area contributed by atoms with Gasteiger partial charge in [0.2, 0.25) is 0 Å². The predicted molar refractivity (Wildman–Crippen MR) is 181 cm³/mol. The maximum Gasteiger partial charge on any atom is 0.261 e. The highest BCUT2D eigenvalue weighted by Crippen LogP contribution is 2.42. The van der Waals surface area contributed by atoms with Gasteiger partial charge in [0.25, 0.3) is 11.8 Å². The van der Waals surface area contributed by atoms with Crippen molar-refractivity contribution in [1.82, 2.24) is 25.1 Å². The lowest BCUT2D eigenvalue weighted by atomic mass is 9.99. The molecule has 6 rings (SSSR count). The predicted octanol–water partition coefficient (Wildman–Crippen LogP) is 6.06. The number of nitrogens with zero attached hydrogens (tertiary/aromatic N) is 5. The first kappa shape index (κ1) is 31.5. The first-order valence-electron chi connectivity index (χ1n) is 14.6. The lowest BCUT2D eigenvalue weighted by Crippen LogP contribution is -2.29. The molecule has 0 saturated carbocycles. The number of benzene rings is 2. The summed E-state index contributed by atoms with van der Waals surface area (Å²) in [6.07, 6.45) is 1.28. The average molecular weight is 673 g/mol. The molecule has 13 heteroatoms. The van der Waals surface area contributed by atoms with Crippen molar-refractivity contribution in [3.8, 4) is 11.5 Å². The summed E-state index contributed by atoms with van der Waals surface area (Å²) >= 11 is 4.28. The van der Waals surface area contributed by atoms with Crippen LogP contribution in [0.25, 0.3) is 0 Å². The molecule has 2 aromatic carbocycles. The van der Waals surface area contributed by atoms with Gasteiger partial charge in [0.15, 0.2) is 22.5 Å². The van der Waals surface area contributed by atoms with Crippen molar-refractivity contribution in [3.63, 3.8) is 0 Å². The van der Waals surface area contributed by atoms with Gasteiger partial charge >= 0.3 is 0 Å². The van der Waals surface area contributed by atoms with Gasteiger partial charge in [-0.05, 0) is 40.9 Å². The summed E-state index contributed by atoms with van der Waals surface area (Å²) in [6, 6.07) is 23.1. The number of nitrogens with one attached hydrogen (secondary N) is 1. The molecule has 2 amide bonds. The summed E-state index contributed by atoms with van der Waals surface area (Å²) in [4.78, 5) is 28.2. The van der Waals surface area contributed by atoms with Gasteiger partial charge in [0.05, 0.1) is 48.0 Å². The summed E-state index contributed by atoms with van der Waals surface area (Å²) in [5, 5.41) is 22.6. The summed E-state index contributed by atoms with van der Waals surface area (Å²) in [5.74, 6) is 1.55. The second kappa shape index (κ2) is 14.8. The zero-order chi connectivity index (χ0) is 31.9. The highest BCUT2D eigenvalue weighted by Gasteiger charge is 2.36. The number of carbonyl (C=O) groups excluding carboxylic acids is 2. The Morgan fingerprint density at radius 1 is 0.957 bits per heavy atom. The van der Waals surface area contributed by atoms with E-state index in [2.05, 4.69) is 27.6 Å². The molecule has 0 radical (unpaired) electrons. The van der Waals surface area contributed by atoms with E-state index < -0.39 is 0 Å². The molecule has 0 aliphatic carbocycles. The van der Waals surface area contributed by atoms with Crippen molar-refractivity contribution in [1.29, 1.82) is 0 Å². The number of hydrogen-bond donors (Lipinski definition) is 1. The lowest BCUT2D eigenvalue weighted by molar-refractivity contribution is -0.130. The number of amides is 2. The van der Waals surface area contributed by atoms with Crippen molar-refractivity contribution in [2.75, 3.05) is 20.0 Å². The molecular weight excluding hydrogens is 641 g/mol. The fourth-order valence-corrected chi connectivity index (χ4v) is 7.46. The Hall–Kier alpha value is -4.46. The van der Waals surface area contributed by atoms with Crippen LogP contribution < -0.4 is 14.8 Å². The molecule has 4 heterocycles. The van der Waals surface area contributed by atoms with Crippen LogP contribution in [-0.4, -0.2) is 57.3 Å². The summed E-state index contributed by atoms with van der Waals surface area (Å²) in [6.45, 7) is 0.803. The van der Waals surface area contributed by atoms with Crippen molar-refractivity contribution < 1.29 is 19.1 Å². The van der Waals surface area contributed by atoms with Crippen LogP contribution in [0.15, 0.2) is 93.8 Å². The third kappa shape index (κ3) is 7.01. The van der Waals surface area contributed by atoms with Crippen LogP contribution in [0.2, 0.25) is 0 Å². The van der Waals surface area contributed by atoms with Gasteiger partial charge in [-0.2, -0.15) is 5.10 Å². The molecule has 236 valence electrons. The van der Waals surface area contributed by atoms with E-state index in [1.807, 2.05) is 69.9 Å². The topological polar surface area (TPSA) is 111 Å². The number of thioether (sulfide) groups is 1. The SMILES string of the molecule is COc1cccc(C2CC(c3cccs3)=NN2C(=O)CSc2nnc(CNC(=O)c3cccs3)n2CCc2ccccc2)c1OC. The fraction of sp³-hybridized carbons (Fsp3) is 0.242. The van der Waals surface area contributed by atoms with Crippen molar-refractivity contribution in [3.05, 3.63) is 110 Å². The second-order valence-electron chi connectivity index (χ2n) is 10.3. The Morgan fingerprint density at radius 3 is 2.52 bits per heavy atom. The molecule has 0 fully saturated rings. The molecule has 1 aliphatic heterocycles. The number of aromatic nitrogens is 3. The standard InChI is InChI=1S/C33H32N6O4S3/c1-42-26-12-6-11-23(31(26)43-2)25-19-24(27-13-7-17-44-27)37-39(25)30(40)21-46-33-36-35-29(20-34-32(41)28-14-8-18-45-28)38(33)16-15-22-9-4-3-5-10-22/h3-14,17-18,25H,15-16,19-21H2,1-2H3,(H,34,41). The fourth-order valence-electron chi connectivity index (χ4n) is 5.26. The summed E-state index contributed by atoms with van der Waals surface area (Å²) < 4.78 is 13.3.